The molecule has 0 aliphatic rings. The molecule has 23 heavy (non-hydrogen) atoms. The van der Waals surface area contributed by atoms with Gasteiger partial charge in [-0.25, -0.2) is 4.98 Å². The summed E-state index contributed by atoms with van der Waals surface area (Å²) in [5.74, 6) is 0.347. The van der Waals surface area contributed by atoms with Crippen molar-refractivity contribution in [2.24, 2.45) is 0 Å². The highest BCUT2D eigenvalue weighted by molar-refractivity contribution is 5.97. The van der Waals surface area contributed by atoms with Gasteiger partial charge in [0.15, 0.2) is 0 Å². The molecule has 1 heterocycles. The summed E-state index contributed by atoms with van der Waals surface area (Å²) >= 11 is 0. The number of carbonyl (C=O) groups excluding carboxylic acids is 1. The SMILES string of the molecule is CCOCCOc1ccc(NC(=O)C(C)(CC)OCC)c(C)n1. The van der Waals surface area contributed by atoms with Gasteiger partial charge in [0, 0.05) is 19.3 Å². The molecule has 6 nitrogen and oxygen atoms in total. The molecule has 130 valence electrons. The van der Waals surface area contributed by atoms with E-state index in [2.05, 4.69) is 10.3 Å². The van der Waals surface area contributed by atoms with Crippen LogP contribution < -0.4 is 10.1 Å². The molecule has 1 N–H and O–H groups in total. The lowest BCUT2D eigenvalue weighted by molar-refractivity contribution is -0.139. The summed E-state index contributed by atoms with van der Waals surface area (Å²) in [5.41, 5.74) is 0.516. The molecule has 0 radical (unpaired) electrons. The summed E-state index contributed by atoms with van der Waals surface area (Å²) in [7, 11) is 0. The van der Waals surface area contributed by atoms with Crippen LogP contribution in [-0.2, 0) is 14.3 Å². The normalized spacial score (nSPS) is 13.4. The van der Waals surface area contributed by atoms with Gasteiger partial charge in [-0.05, 0) is 40.2 Å². The maximum absolute atomic E-state index is 12.4. The summed E-state index contributed by atoms with van der Waals surface area (Å²) in [5, 5.41) is 2.88. The van der Waals surface area contributed by atoms with E-state index in [0.29, 0.717) is 50.1 Å². The number of hydrogen-bond acceptors (Lipinski definition) is 5. The molecule has 0 saturated heterocycles. The Balaban J connectivity index is 2.69. The van der Waals surface area contributed by atoms with Gasteiger partial charge in [-0.2, -0.15) is 0 Å². The van der Waals surface area contributed by atoms with Gasteiger partial charge in [0.25, 0.3) is 5.91 Å². The number of aromatic nitrogens is 1. The van der Waals surface area contributed by atoms with Crippen LogP contribution in [0.2, 0.25) is 0 Å². The van der Waals surface area contributed by atoms with Crippen molar-refractivity contribution in [1.82, 2.24) is 4.98 Å². The number of nitrogens with one attached hydrogen (secondary N) is 1. The van der Waals surface area contributed by atoms with E-state index >= 15 is 0 Å². The van der Waals surface area contributed by atoms with Crippen LogP contribution in [0, 0.1) is 6.92 Å². The first-order valence-corrected chi connectivity index (χ1v) is 8.10. The van der Waals surface area contributed by atoms with Gasteiger partial charge in [0.2, 0.25) is 5.88 Å². The quantitative estimate of drug-likeness (QED) is 0.670. The zero-order chi connectivity index (χ0) is 17.3. The predicted molar refractivity (Wildman–Crippen MR) is 89.9 cm³/mol. The highest BCUT2D eigenvalue weighted by Gasteiger charge is 2.32. The first kappa shape index (κ1) is 19.4. The van der Waals surface area contributed by atoms with E-state index in [0.717, 1.165) is 0 Å². The van der Waals surface area contributed by atoms with E-state index in [1.165, 1.54) is 0 Å². The third-order valence-corrected chi connectivity index (χ3v) is 3.61. The number of anilines is 1. The Morgan fingerprint density at radius 1 is 1.22 bits per heavy atom. The van der Waals surface area contributed by atoms with Crippen molar-refractivity contribution in [1.29, 1.82) is 0 Å². The van der Waals surface area contributed by atoms with Crippen molar-refractivity contribution in [3.63, 3.8) is 0 Å². The summed E-state index contributed by atoms with van der Waals surface area (Å²) in [6, 6.07) is 3.52. The predicted octanol–water partition coefficient (Wildman–Crippen LogP) is 2.95. The lowest BCUT2D eigenvalue weighted by Crippen LogP contribution is -2.42. The van der Waals surface area contributed by atoms with Crippen molar-refractivity contribution in [2.45, 2.75) is 46.6 Å². The molecule has 0 aliphatic heterocycles. The fourth-order valence-electron chi connectivity index (χ4n) is 2.00. The van der Waals surface area contributed by atoms with Crippen LogP contribution in [0.25, 0.3) is 0 Å². The van der Waals surface area contributed by atoms with Crippen molar-refractivity contribution in [3.8, 4) is 5.88 Å². The van der Waals surface area contributed by atoms with Gasteiger partial charge in [-0.3, -0.25) is 4.79 Å². The van der Waals surface area contributed by atoms with E-state index < -0.39 is 5.60 Å². The smallest absolute Gasteiger partial charge is 0.256 e. The number of rotatable bonds is 10. The summed E-state index contributed by atoms with van der Waals surface area (Å²) in [6.07, 6.45) is 0.595. The van der Waals surface area contributed by atoms with Crippen molar-refractivity contribution < 1.29 is 19.0 Å². The summed E-state index contributed by atoms with van der Waals surface area (Å²) in [4.78, 5) is 16.8. The van der Waals surface area contributed by atoms with Crippen LogP contribution in [0.4, 0.5) is 5.69 Å². The van der Waals surface area contributed by atoms with Crippen LogP contribution in [-0.4, -0.2) is 42.9 Å². The second-order valence-corrected chi connectivity index (χ2v) is 5.30. The number of nitrogens with zero attached hydrogens (tertiary/aromatic N) is 1. The number of carbonyl (C=O) groups is 1. The standard InChI is InChI=1S/C17H28N2O4/c1-6-17(5,23-8-3)16(20)19-14-9-10-15(18-13(14)4)22-12-11-21-7-2/h9-10H,6-8,11-12H2,1-5H3,(H,19,20). The zero-order valence-electron chi connectivity index (χ0n) is 14.8. The molecule has 1 atom stereocenters. The molecule has 0 fully saturated rings. The van der Waals surface area contributed by atoms with Gasteiger partial charge in [0.1, 0.15) is 12.2 Å². The molecule has 1 unspecified atom stereocenters. The molecule has 0 spiro atoms. The third-order valence-electron chi connectivity index (χ3n) is 3.61. The van der Waals surface area contributed by atoms with Crippen LogP contribution in [0.3, 0.4) is 0 Å². The first-order chi connectivity index (χ1) is 11.0. The van der Waals surface area contributed by atoms with E-state index in [-0.39, 0.29) is 5.91 Å². The highest BCUT2D eigenvalue weighted by atomic mass is 16.5. The Kier molecular flexibility index (Phi) is 7.98. The minimum atomic E-state index is -0.839. The van der Waals surface area contributed by atoms with Gasteiger partial charge >= 0.3 is 0 Å². The second-order valence-electron chi connectivity index (χ2n) is 5.30. The van der Waals surface area contributed by atoms with E-state index in [4.69, 9.17) is 14.2 Å². The molecular weight excluding hydrogens is 296 g/mol. The Morgan fingerprint density at radius 3 is 2.52 bits per heavy atom. The Hall–Kier alpha value is -1.66. The minimum Gasteiger partial charge on any atom is -0.475 e. The molecular formula is C17H28N2O4. The first-order valence-electron chi connectivity index (χ1n) is 8.10. The van der Waals surface area contributed by atoms with Crippen LogP contribution in [0.1, 0.15) is 39.8 Å². The second kappa shape index (κ2) is 9.47. The van der Waals surface area contributed by atoms with Gasteiger partial charge in [-0.15, -0.1) is 0 Å². The molecule has 1 aromatic rings. The largest absolute Gasteiger partial charge is 0.475 e. The lowest BCUT2D eigenvalue weighted by atomic mass is 10.0. The molecule has 0 saturated carbocycles. The van der Waals surface area contributed by atoms with Crippen LogP contribution in [0.15, 0.2) is 12.1 Å². The maximum atomic E-state index is 12.4. The third kappa shape index (κ3) is 5.80. The molecule has 0 bridgehead atoms. The molecule has 1 amide bonds. The average Bonchev–Trinajstić information content (AvgIpc) is 2.54. The topological polar surface area (TPSA) is 69.7 Å². The average molecular weight is 324 g/mol. The fraction of sp³-hybridized carbons (Fsp3) is 0.647. The minimum absolute atomic E-state index is 0.170. The summed E-state index contributed by atoms with van der Waals surface area (Å²) in [6.45, 7) is 11.5. The number of ether oxygens (including phenoxy) is 3. The molecule has 6 heteroatoms. The van der Waals surface area contributed by atoms with E-state index in [9.17, 15) is 4.79 Å². The summed E-state index contributed by atoms with van der Waals surface area (Å²) < 4.78 is 16.3. The van der Waals surface area contributed by atoms with Gasteiger partial charge < -0.3 is 19.5 Å². The van der Waals surface area contributed by atoms with E-state index in [1.807, 2.05) is 27.7 Å². The van der Waals surface area contributed by atoms with Crippen LogP contribution >= 0.6 is 0 Å². The fourth-order valence-corrected chi connectivity index (χ4v) is 2.00. The van der Waals surface area contributed by atoms with E-state index in [1.54, 1.807) is 19.1 Å². The van der Waals surface area contributed by atoms with Crippen LogP contribution in [0.5, 0.6) is 5.88 Å². The number of pyridine rings is 1. The number of hydrogen-bond donors (Lipinski definition) is 1. The number of amides is 1. The monoisotopic (exact) mass is 324 g/mol. The van der Waals surface area contributed by atoms with Crippen molar-refractivity contribution >= 4 is 11.6 Å². The molecule has 0 aliphatic carbocycles. The molecule has 1 aromatic heterocycles. The highest BCUT2D eigenvalue weighted by Crippen LogP contribution is 2.21. The molecule has 0 aromatic carbocycles. The maximum Gasteiger partial charge on any atom is 0.256 e. The lowest BCUT2D eigenvalue weighted by Gasteiger charge is -2.27. The molecule has 1 rings (SSSR count). The van der Waals surface area contributed by atoms with Crippen molar-refractivity contribution in [3.05, 3.63) is 17.8 Å². The Morgan fingerprint density at radius 2 is 1.96 bits per heavy atom. The Bertz CT molecular complexity index is 507. The van der Waals surface area contributed by atoms with Gasteiger partial charge in [-0.1, -0.05) is 6.92 Å². The van der Waals surface area contributed by atoms with Crippen molar-refractivity contribution in [2.75, 3.05) is 31.7 Å². The number of aryl methyl sites for hydroxylation is 1. The zero-order valence-corrected chi connectivity index (χ0v) is 14.8. The Labute approximate surface area is 138 Å². The van der Waals surface area contributed by atoms with Gasteiger partial charge in [0.05, 0.1) is 18.0 Å².